The van der Waals surface area contributed by atoms with Crippen molar-refractivity contribution < 1.29 is 9.53 Å². The van der Waals surface area contributed by atoms with Crippen LogP contribution in [0.2, 0.25) is 0 Å². The predicted octanol–water partition coefficient (Wildman–Crippen LogP) is 1.53. The van der Waals surface area contributed by atoms with Crippen LogP contribution in [0.4, 0.5) is 0 Å². The first-order chi connectivity index (χ1) is 6.54. The Morgan fingerprint density at radius 1 is 1.64 bits per heavy atom. The average molecular weight is 199 g/mol. The third-order valence-corrected chi connectivity index (χ3v) is 3.62. The summed E-state index contributed by atoms with van der Waals surface area (Å²) in [6, 6.07) is 0. The summed E-state index contributed by atoms with van der Waals surface area (Å²) in [7, 11) is 1.48. The maximum absolute atomic E-state index is 11.7. The van der Waals surface area contributed by atoms with Crippen molar-refractivity contribution >= 4 is 5.97 Å². The minimum atomic E-state index is -0.316. The average Bonchev–Trinajstić information content (AvgIpc) is 2.21. The Labute approximate surface area is 86.4 Å². The molecular formula is C11H21NO2. The van der Waals surface area contributed by atoms with Crippen molar-refractivity contribution in [2.45, 2.75) is 27.2 Å². The molecule has 3 nitrogen and oxygen atoms in total. The molecule has 1 heterocycles. The van der Waals surface area contributed by atoms with Crippen molar-refractivity contribution in [1.82, 2.24) is 4.90 Å². The summed E-state index contributed by atoms with van der Waals surface area (Å²) < 4.78 is 4.89. The summed E-state index contributed by atoms with van der Waals surface area (Å²) >= 11 is 0. The molecule has 1 saturated heterocycles. The van der Waals surface area contributed by atoms with E-state index in [2.05, 4.69) is 18.7 Å². The van der Waals surface area contributed by atoms with E-state index in [1.54, 1.807) is 0 Å². The highest BCUT2D eigenvalue weighted by Crippen LogP contribution is 2.35. The molecule has 3 heteroatoms. The summed E-state index contributed by atoms with van der Waals surface area (Å²) in [5.74, 6) is 0.348. The molecule has 1 aliphatic heterocycles. The van der Waals surface area contributed by atoms with Gasteiger partial charge in [0.05, 0.1) is 12.5 Å². The molecule has 0 aromatic carbocycles. The number of likely N-dealkylation sites (tertiary alicyclic amines) is 1. The molecule has 0 aromatic heterocycles. The summed E-state index contributed by atoms with van der Waals surface area (Å²) in [5, 5.41) is 0. The second-order valence-electron chi connectivity index (χ2n) is 4.47. The minimum Gasteiger partial charge on any atom is -0.469 e. The number of nitrogens with zero attached hydrogens (tertiary/aromatic N) is 1. The normalized spacial score (nSPS) is 34.1. The van der Waals surface area contributed by atoms with Crippen molar-refractivity contribution in [2.24, 2.45) is 11.3 Å². The molecule has 0 radical (unpaired) electrons. The van der Waals surface area contributed by atoms with Crippen LogP contribution in [0.3, 0.4) is 0 Å². The molecule has 14 heavy (non-hydrogen) atoms. The van der Waals surface area contributed by atoms with E-state index in [0.29, 0.717) is 5.92 Å². The Hall–Kier alpha value is -0.570. The first-order valence-electron chi connectivity index (χ1n) is 5.35. The fourth-order valence-electron chi connectivity index (χ4n) is 2.16. The fraction of sp³-hybridized carbons (Fsp3) is 0.909. The molecule has 1 rings (SSSR count). The lowest BCUT2D eigenvalue weighted by Gasteiger charge is -2.42. The second-order valence-corrected chi connectivity index (χ2v) is 4.47. The number of hydrogen-bond acceptors (Lipinski definition) is 3. The van der Waals surface area contributed by atoms with Gasteiger partial charge in [0.2, 0.25) is 0 Å². The number of ether oxygens (including phenoxy) is 1. The summed E-state index contributed by atoms with van der Waals surface area (Å²) in [6.45, 7) is 9.24. The van der Waals surface area contributed by atoms with Crippen LogP contribution in [0.5, 0.6) is 0 Å². The molecule has 82 valence electrons. The molecule has 0 amide bonds. The van der Waals surface area contributed by atoms with Gasteiger partial charge in [-0.05, 0) is 32.4 Å². The zero-order valence-electron chi connectivity index (χ0n) is 9.67. The fourth-order valence-corrected chi connectivity index (χ4v) is 2.16. The largest absolute Gasteiger partial charge is 0.469 e. The Morgan fingerprint density at radius 2 is 2.29 bits per heavy atom. The van der Waals surface area contributed by atoms with E-state index in [0.717, 1.165) is 26.1 Å². The molecule has 1 aliphatic rings. The van der Waals surface area contributed by atoms with E-state index in [9.17, 15) is 4.79 Å². The van der Waals surface area contributed by atoms with Gasteiger partial charge >= 0.3 is 5.97 Å². The number of methoxy groups -OCH3 is 1. The van der Waals surface area contributed by atoms with Gasteiger partial charge in [-0.15, -0.1) is 0 Å². The zero-order chi connectivity index (χ0) is 10.8. The van der Waals surface area contributed by atoms with Crippen LogP contribution in [0.25, 0.3) is 0 Å². The Balaban J connectivity index is 2.76. The molecule has 0 aromatic rings. The number of esters is 1. The highest BCUT2D eigenvalue weighted by Gasteiger charge is 2.43. The Morgan fingerprint density at radius 3 is 2.79 bits per heavy atom. The molecule has 1 fully saturated rings. The van der Waals surface area contributed by atoms with Gasteiger partial charge < -0.3 is 9.64 Å². The van der Waals surface area contributed by atoms with Gasteiger partial charge in [0.25, 0.3) is 0 Å². The van der Waals surface area contributed by atoms with E-state index in [1.165, 1.54) is 7.11 Å². The van der Waals surface area contributed by atoms with Gasteiger partial charge in [0.1, 0.15) is 0 Å². The van der Waals surface area contributed by atoms with Crippen LogP contribution in [0, 0.1) is 11.3 Å². The van der Waals surface area contributed by atoms with E-state index in [-0.39, 0.29) is 11.4 Å². The lowest BCUT2D eigenvalue weighted by atomic mass is 9.73. The minimum absolute atomic E-state index is 0.0665. The quantitative estimate of drug-likeness (QED) is 0.632. The number of carbonyl (C=O) groups excluding carboxylic acids is 1. The van der Waals surface area contributed by atoms with Crippen molar-refractivity contribution in [3.8, 4) is 0 Å². The summed E-state index contributed by atoms with van der Waals surface area (Å²) in [4.78, 5) is 14.0. The molecule has 0 bridgehead atoms. The lowest BCUT2D eigenvalue weighted by Crippen LogP contribution is -2.50. The van der Waals surface area contributed by atoms with Crippen molar-refractivity contribution in [1.29, 1.82) is 0 Å². The SMILES string of the molecule is CCN1CC[C@H](C)[C@](C)(C(=O)OC)C1. The van der Waals surface area contributed by atoms with Gasteiger partial charge in [0.15, 0.2) is 0 Å². The smallest absolute Gasteiger partial charge is 0.313 e. The van der Waals surface area contributed by atoms with Crippen LogP contribution < -0.4 is 0 Å². The molecule has 0 spiro atoms. The van der Waals surface area contributed by atoms with Gasteiger partial charge in [-0.1, -0.05) is 13.8 Å². The topological polar surface area (TPSA) is 29.5 Å². The molecule has 0 unspecified atom stereocenters. The number of carbonyl (C=O) groups is 1. The first-order valence-corrected chi connectivity index (χ1v) is 5.35. The molecular weight excluding hydrogens is 178 g/mol. The van der Waals surface area contributed by atoms with Crippen LogP contribution >= 0.6 is 0 Å². The van der Waals surface area contributed by atoms with Crippen LogP contribution in [0.1, 0.15) is 27.2 Å². The molecule has 0 saturated carbocycles. The zero-order valence-corrected chi connectivity index (χ0v) is 9.67. The standard InChI is InChI=1S/C11H21NO2/c1-5-12-7-6-9(2)11(3,8-12)10(13)14-4/h9H,5-8H2,1-4H3/t9-,11+/m0/s1. The van der Waals surface area contributed by atoms with E-state index in [4.69, 9.17) is 4.74 Å². The summed E-state index contributed by atoms with van der Waals surface area (Å²) in [5.41, 5.74) is -0.316. The van der Waals surface area contributed by atoms with Crippen LogP contribution in [0.15, 0.2) is 0 Å². The predicted molar refractivity (Wildman–Crippen MR) is 56.0 cm³/mol. The van der Waals surface area contributed by atoms with Gasteiger partial charge in [0, 0.05) is 6.54 Å². The number of piperidine rings is 1. The highest BCUT2D eigenvalue weighted by atomic mass is 16.5. The molecule has 0 N–H and O–H groups in total. The van der Waals surface area contributed by atoms with E-state index >= 15 is 0 Å². The van der Waals surface area contributed by atoms with Crippen LogP contribution in [-0.2, 0) is 9.53 Å². The van der Waals surface area contributed by atoms with Crippen LogP contribution in [-0.4, -0.2) is 37.6 Å². The van der Waals surface area contributed by atoms with Crippen molar-refractivity contribution in [3.63, 3.8) is 0 Å². The summed E-state index contributed by atoms with van der Waals surface area (Å²) in [6.07, 6.45) is 1.08. The molecule has 2 atom stereocenters. The van der Waals surface area contributed by atoms with E-state index in [1.807, 2.05) is 6.92 Å². The number of hydrogen-bond donors (Lipinski definition) is 0. The highest BCUT2D eigenvalue weighted by molar-refractivity contribution is 5.77. The number of rotatable bonds is 2. The van der Waals surface area contributed by atoms with Crippen molar-refractivity contribution in [3.05, 3.63) is 0 Å². The Kier molecular flexibility index (Phi) is 3.53. The van der Waals surface area contributed by atoms with E-state index < -0.39 is 0 Å². The van der Waals surface area contributed by atoms with Crippen molar-refractivity contribution in [2.75, 3.05) is 26.7 Å². The third-order valence-electron chi connectivity index (χ3n) is 3.62. The van der Waals surface area contributed by atoms with Gasteiger partial charge in [-0.2, -0.15) is 0 Å². The Bertz CT molecular complexity index is 217. The second kappa shape index (κ2) is 4.30. The maximum Gasteiger partial charge on any atom is 0.313 e. The first kappa shape index (κ1) is 11.5. The van der Waals surface area contributed by atoms with Gasteiger partial charge in [-0.3, -0.25) is 4.79 Å². The van der Waals surface area contributed by atoms with Gasteiger partial charge in [-0.25, -0.2) is 0 Å². The molecule has 0 aliphatic carbocycles. The lowest BCUT2D eigenvalue weighted by molar-refractivity contribution is -0.158. The third kappa shape index (κ3) is 1.92. The maximum atomic E-state index is 11.7. The monoisotopic (exact) mass is 199 g/mol.